The van der Waals surface area contributed by atoms with E-state index in [-0.39, 0.29) is 23.8 Å². The first-order chi connectivity index (χ1) is 13.5. The van der Waals surface area contributed by atoms with Crippen LogP contribution in [-0.2, 0) is 4.79 Å². The smallest absolute Gasteiger partial charge is 0.266 e. The van der Waals surface area contributed by atoms with Crippen LogP contribution in [0, 0.1) is 12.3 Å². The average Bonchev–Trinajstić information content (AvgIpc) is 2.70. The van der Waals surface area contributed by atoms with Crippen LogP contribution in [0.5, 0.6) is 5.75 Å². The number of hydrogen-bond donors (Lipinski definition) is 1. The van der Waals surface area contributed by atoms with Crippen LogP contribution in [0.3, 0.4) is 0 Å². The van der Waals surface area contributed by atoms with E-state index in [0.29, 0.717) is 32.5 Å². The number of benzene rings is 2. The van der Waals surface area contributed by atoms with Gasteiger partial charge in [0.25, 0.3) is 5.56 Å². The first-order valence-corrected chi connectivity index (χ1v) is 9.60. The summed E-state index contributed by atoms with van der Waals surface area (Å²) in [5.74, 6) is 2.65. The van der Waals surface area contributed by atoms with E-state index in [1.165, 1.54) is 11.7 Å². The van der Waals surface area contributed by atoms with Gasteiger partial charge in [-0.05, 0) is 30.3 Å². The van der Waals surface area contributed by atoms with Gasteiger partial charge in [0.2, 0.25) is 5.91 Å². The third kappa shape index (κ3) is 4.14. The molecule has 3 aromatic rings. The molecule has 0 saturated heterocycles. The molecular formula is C20H16ClN3O3S. The molecular weight excluding hydrogens is 398 g/mol. The number of hydrogen-bond acceptors (Lipinski definition) is 5. The molecule has 2 aromatic carbocycles. The van der Waals surface area contributed by atoms with Gasteiger partial charge in [-0.2, -0.15) is 0 Å². The van der Waals surface area contributed by atoms with Crippen molar-refractivity contribution in [2.24, 2.45) is 0 Å². The third-order valence-corrected chi connectivity index (χ3v) is 5.02. The Morgan fingerprint density at radius 1 is 1.36 bits per heavy atom. The number of fused-ring (bicyclic) bond motifs is 1. The van der Waals surface area contributed by atoms with Crippen molar-refractivity contribution in [1.29, 1.82) is 0 Å². The SMILES string of the molecule is C#CCNC(=O)CSc1nc2cc(Cl)ccc2c(=O)n1-c1ccccc1OC. The molecule has 0 unspecified atom stereocenters. The predicted molar refractivity (Wildman–Crippen MR) is 111 cm³/mol. The molecule has 0 aliphatic heterocycles. The summed E-state index contributed by atoms with van der Waals surface area (Å²) in [4.78, 5) is 29.8. The summed E-state index contributed by atoms with van der Waals surface area (Å²) >= 11 is 7.18. The van der Waals surface area contributed by atoms with Crippen LogP contribution in [0.15, 0.2) is 52.4 Å². The maximum absolute atomic E-state index is 13.2. The van der Waals surface area contributed by atoms with Gasteiger partial charge in [-0.3, -0.25) is 14.2 Å². The lowest BCUT2D eigenvalue weighted by Gasteiger charge is -2.15. The number of rotatable bonds is 6. The molecule has 3 rings (SSSR count). The quantitative estimate of drug-likeness (QED) is 0.382. The molecule has 0 aliphatic rings. The highest BCUT2D eigenvalue weighted by molar-refractivity contribution is 7.99. The molecule has 6 nitrogen and oxygen atoms in total. The van der Waals surface area contributed by atoms with E-state index in [2.05, 4.69) is 16.2 Å². The van der Waals surface area contributed by atoms with Crippen molar-refractivity contribution in [3.63, 3.8) is 0 Å². The number of methoxy groups -OCH3 is 1. The fourth-order valence-corrected chi connectivity index (χ4v) is 3.59. The summed E-state index contributed by atoms with van der Waals surface area (Å²) in [6.07, 6.45) is 5.16. The number of thioether (sulfide) groups is 1. The second-order valence-electron chi connectivity index (χ2n) is 5.64. The van der Waals surface area contributed by atoms with Gasteiger partial charge in [0.05, 0.1) is 36.0 Å². The van der Waals surface area contributed by atoms with Crippen LogP contribution in [0.25, 0.3) is 16.6 Å². The molecule has 8 heteroatoms. The molecule has 0 aliphatic carbocycles. The number of carbonyl (C=O) groups is 1. The van der Waals surface area contributed by atoms with Crippen molar-refractivity contribution in [3.05, 3.63) is 57.8 Å². The zero-order valence-electron chi connectivity index (χ0n) is 14.9. The number of terminal acetylenes is 1. The van der Waals surface area contributed by atoms with E-state index in [1.54, 1.807) is 36.4 Å². The van der Waals surface area contributed by atoms with E-state index >= 15 is 0 Å². The van der Waals surface area contributed by atoms with Gasteiger partial charge < -0.3 is 10.1 Å². The van der Waals surface area contributed by atoms with Crippen molar-refractivity contribution < 1.29 is 9.53 Å². The van der Waals surface area contributed by atoms with Crippen LogP contribution >= 0.6 is 23.4 Å². The number of halogens is 1. The van der Waals surface area contributed by atoms with Gasteiger partial charge in [0.1, 0.15) is 5.75 Å². The Hall–Kier alpha value is -2.95. The van der Waals surface area contributed by atoms with Crippen molar-refractivity contribution in [2.45, 2.75) is 5.16 Å². The number of nitrogens with zero attached hydrogens (tertiary/aromatic N) is 2. The molecule has 142 valence electrons. The molecule has 1 heterocycles. The lowest BCUT2D eigenvalue weighted by atomic mass is 10.2. The first kappa shape index (κ1) is 19.8. The molecule has 0 spiro atoms. The highest BCUT2D eigenvalue weighted by atomic mass is 35.5. The number of aromatic nitrogens is 2. The molecule has 1 amide bonds. The minimum absolute atomic E-state index is 0.0509. The summed E-state index contributed by atoms with van der Waals surface area (Å²) in [5, 5.41) is 3.82. The fraction of sp³-hybridized carbons (Fsp3) is 0.150. The standard InChI is InChI=1S/C20H16ClN3O3S/c1-3-10-22-18(25)12-28-20-23-15-11-13(21)8-9-14(15)19(26)24(20)16-6-4-5-7-17(16)27-2/h1,4-9,11H,10,12H2,2H3,(H,22,25). The lowest BCUT2D eigenvalue weighted by Crippen LogP contribution is -2.27. The molecule has 0 fully saturated rings. The van der Waals surface area contributed by atoms with Gasteiger partial charge in [-0.1, -0.05) is 41.4 Å². The minimum atomic E-state index is -0.280. The van der Waals surface area contributed by atoms with E-state index in [9.17, 15) is 9.59 Å². The van der Waals surface area contributed by atoms with Gasteiger partial charge in [-0.15, -0.1) is 6.42 Å². The first-order valence-electron chi connectivity index (χ1n) is 8.24. The topological polar surface area (TPSA) is 73.2 Å². The Labute approximate surface area is 170 Å². The monoisotopic (exact) mass is 413 g/mol. The van der Waals surface area contributed by atoms with Crippen LogP contribution in [0.2, 0.25) is 5.02 Å². The lowest BCUT2D eigenvalue weighted by molar-refractivity contribution is -0.118. The summed E-state index contributed by atoms with van der Waals surface area (Å²) in [7, 11) is 1.53. The fourth-order valence-electron chi connectivity index (χ4n) is 2.59. The molecule has 1 N–H and O–H groups in total. The van der Waals surface area contributed by atoms with E-state index in [1.807, 2.05) is 6.07 Å². The maximum Gasteiger partial charge on any atom is 0.266 e. The largest absolute Gasteiger partial charge is 0.495 e. The summed E-state index contributed by atoms with van der Waals surface area (Å²) < 4.78 is 6.84. The Morgan fingerprint density at radius 2 is 2.14 bits per heavy atom. The molecule has 28 heavy (non-hydrogen) atoms. The van der Waals surface area contributed by atoms with Gasteiger partial charge in [-0.25, -0.2) is 4.98 Å². The van der Waals surface area contributed by atoms with Crippen LogP contribution < -0.4 is 15.6 Å². The van der Waals surface area contributed by atoms with Crippen molar-refractivity contribution in [2.75, 3.05) is 19.4 Å². The minimum Gasteiger partial charge on any atom is -0.495 e. The van der Waals surface area contributed by atoms with Crippen LogP contribution in [0.4, 0.5) is 0 Å². The van der Waals surface area contributed by atoms with Crippen molar-refractivity contribution >= 4 is 40.2 Å². The second kappa shape index (κ2) is 8.83. The normalized spacial score (nSPS) is 10.5. The Morgan fingerprint density at radius 3 is 2.89 bits per heavy atom. The summed E-state index contributed by atoms with van der Waals surface area (Å²) in [6.45, 7) is 0.138. The average molecular weight is 414 g/mol. The Balaban J connectivity index is 2.15. The summed E-state index contributed by atoms with van der Waals surface area (Å²) in [6, 6.07) is 12.0. The molecule has 0 atom stereocenters. The van der Waals surface area contributed by atoms with Crippen molar-refractivity contribution in [3.8, 4) is 23.8 Å². The van der Waals surface area contributed by atoms with Crippen molar-refractivity contribution in [1.82, 2.24) is 14.9 Å². The zero-order valence-corrected chi connectivity index (χ0v) is 16.5. The predicted octanol–water partition coefficient (Wildman–Crippen LogP) is 2.89. The maximum atomic E-state index is 13.2. The number of ether oxygens (including phenoxy) is 1. The van der Waals surface area contributed by atoms with Crippen LogP contribution in [-0.4, -0.2) is 34.9 Å². The number of nitrogens with one attached hydrogen (secondary N) is 1. The number of carbonyl (C=O) groups excluding carboxylic acids is 1. The zero-order chi connectivity index (χ0) is 20.1. The summed E-state index contributed by atoms with van der Waals surface area (Å²) in [5.41, 5.74) is 0.707. The Bertz CT molecular complexity index is 1140. The van der Waals surface area contributed by atoms with E-state index in [0.717, 1.165) is 11.8 Å². The molecule has 0 bridgehead atoms. The Kier molecular flexibility index (Phi) is 6.24. The number of para-hydroxylation sites is 2. The van der Waals surface area contributed by atoms with E-state index in [4.69, 9.17) is 22.8 Å². The second-order valence-corrected chi connectivity index (χ2v) is 7.02. The highest BCUT2D eigenvalue weighted by Crippen LogP contribution is 2.27. The van der Waals surface area contributed by atoms with Gasteiger partial charge >= 0.3 is 0 Å². The molecule has 1 aromatic heterocycles. The third-order valence-electron chi connectivity index (χ3n) is 3.85. The molecule has 0 radical (unpaired) electrons. The highest BCUT2D eigenvalue weighted by Gasteiger charge is 2.17. The molecule has 0 saturated carbocycles. The van der Waals surface area contributed by atoms with Gasteiger partial charge in [0.15, 0.2) is 5.16 Å². The van der Waals surface area contributed by atoms with Gasteiger partial charge in [0, 0.05) is 5.02 Å². The number of amides is 1. The van der Waals surface area contributed by atoms with Crippen LogP contribution in [0.1, 0.15) is 0 Å². The van der Waals surface area contributed by atoms with E-state index < -0.39 is 0 Å².